The van der Waals surface area contributed by atoms with Crippen LogP contribution in [0.2, 0.25) is 5.02 Å². The molecule has 1 aromatic rings. The van der Waals surface area contributed by atoms with Crippen molar-refractivity contribution in [3.05, 3.63) is 28.8 Å². The van der Waals surface area contributed by atoms with E-state index < -0.39 is 0 Å². The number of ketones is 1. The largest absolute Gasteiger partial charge is 0.495 e. The molecule has 3 nitrogen and oxygen atoms in total. The minimum Gasteiger partial charge on any atom is -0.495 e. The molecule has 1 N–H and O–H groups in total. The summed E-state index contributed by atoms with van der Waals surface area (Å²) in [6.45, 7) is 0.732. The zero-order valence-electron chi connectivity index (χ0n) is 10.0. The van der Waals surface area contributed by atoms with Crippen molar-refractivity contribution in [2.24, 2.45) is 5.41 Å². The fourth-order valence-corrected chi connectivity index (χ4v) is 2.34. The van der Waals surface area contributed by atoms with Gasteiger partial charge >= 0.3 is 0 Å². The average molecular weight is 254 g/mol. The lowest BCUT2D eigenvalue weighted by Crippen LogP contribution is -2.27. The molecular formula is C13H16ClNO2. The number of rotatable bonds is 5. The van der Waals surface area contributed by atoms with Gasteiger partial charge in [-0.05, 0) is 38.1 Å². The van der Waals surface area contributed by atoms with Crippen LogP contribution < -0.4 is 10.1 Å². The summed E-state index contributed by atoms with van der Waals surface area (Å²) in [5, 5.41) is 3.56. The molecule has 17 heavy (non-hydrogen) atoms. The molecule has 1 saturated carbocycles. The van der Waals surface area contributed by atoms with Crippen LogP contribution >= 0.6 is 11.6 Å². The van der Waals surface area contributed by atoms with Gasteiger partial charge in [0.2, 0.25) is 0 Å². The van der Waals surface area contributed by atoms with Gasteiger partial charge in [-0.2, -0.15) is 0 Å². The Kier molecular flexibility index (Phi) is 3.40. The van der Waals surface area contributed by atoms with Crippen LogP contribution in [-0.2, 0) is 0 Å². The Balaban J connectivity index is 2.23. The molecule has 0 heterocycles. The van der Waals surface area contributed by atoms with E-state index in [0.717, 1.165) is 19.4 Å². The van der Waals surface area contributed by atoms with Gasteiger partial charge in [-0.25, -0.2) is 0 Å². The Hall–Kier alpha value is -1.06. The number of carbonyl (C=O) groups excluding carboxylic acids is 1. The minimum absolute atomic E-state index is 0.177. The maximum Gasteiger partial charge on any atom is 0.170 e. The van der Waals surface area contributed by atoms with Gasteiger partial charge in [0, 0.05) is 17.5 Å². The van der Waals surface area contributed by atoms with E-state index in [0.29, 0.717) is 16.3 Å². The van der Waals surface area contributed by atoms with Gasteiger partial charge < -0.3 is 10.1 Å². The number of methoxy groups -OCH3 is 1. The summed E-state index contributed by atoms with van der Waals surface area (Å²) in [4.78, 5) is 12.3. The molecule has 92 valence electrons. The van der Waals surface area contributed by atoms with Crippen LogP contribution in [-0.4, -0.2) is 26.5 Å². The van der Waals surface area contributed by atoms with Crippen molar-refractivity contribution in [2.75, 3.05) is 20.7 Å². The number of ether oxygens (including phenoxy) is 1. The second kappa shape index (κ2) is 4.67. The highest BCUT2D eigenvalue weighted by molar-refractivity contribution is 6.32. The number of Topliss-reactive ketones (excluding diaryl/α,β-unsaturated/α-hetero) is 1. The number of hydrogen-bond donors (Lipinski definition) is 1. The van der Waals surface area contributed by atoms with E-state index in [9.17, 15) is 4.79 Å². The zero-order chi connectivity index (χ0) is 12.5. The van der Waals surface area contributed by atoms with Gasteiger partial charge in [0.15, 0.2) is 5.78 Å². The third-order valence-corrected chi connectivity index (χ3v) is 3.56. The molecule has 1 aliphatic carbocycles. The molecule has 0 bridgehead atoms. The molecule has 0 spiro atoms. The van der Waals surface area contributed by atoms with Gasteiger partial charge in [-0.1, -0.05) is 11.6 Å². The summed E-state index contributed by atoms with van der Waals surface area (Å²) in [5.41, 5.74) is 0.468. The average Bonchev–Trinajstić information content (AvgIpc) is 3.09. The van der Waals surface area contributed by atoms with E-state index in [1.165, 1.54) is 0 Å². The summed E-state index contributed by atoms with van der Waals surface area (Å²) >= 11 is 6.03. The summed E-state index contributed by atoms with van der Waals surface area (Å²) in [6.07, 6.45) is 1.91. The van der Waals surface area contributed by atoms with E-state index in [1.807, 2.05) is 7.05 Å². The van der Waals surface area contributed by atoms with Gasteiger partial charge in [0.25, 0.3) is 0 Å². The molecule has 0 saturated heterocycles. The van der Waals surface area contributed by atoms with Crippen LogP contribution in [0.15, 0.2) is 18.2 Å². The first-order valence-electron chi connectivity index (χ1n) is 5.66. The quantitative estimate of drug-likeness (QED) is 0.820. The van der Waals surface area contributed by atoms with Crippen LogP contribution in [0.1, 0.15) is 23.2 Å². The molecule has 1 aromatic carbocycles. The van der Waals surface area contributed by atoms with Crippen LogP contribution in [0.4, 0.5) is 0 Å². The molecule has 1 fully saturated rings. The number of benzene rings is 1. The van der Waals surface area contributed by atoms with Crippen LogP contribution in [0, 0.1) is 5.41 Å². The van der Waals surface area contributed by atoms with Crippen molar-refractivity contribution < 1.29 is 9.53 Å². The van der Waals surface area contributed by atoms with E-state index in [1.54, 1.807) is 25.3 Å². The molecule has 0 radical (unpaired) electrons. The maximum absolute atomic E-state index is 12.3. The van der Waals surface area contributed by atoms with Gasteiger partial charge in [0.1, 0.15) is 5.75 Å². The number of halogens is 1. The van der Waals surface area contributed by atoms with Crippen LogP contribution in [0.3, 0.4) is 0 Å². The first-order chi connectivity index (χ1) is 8.13. The van der Waals surface area contributed by atoms with Crippen molar-refractivity contribution in [1.82, 2.24) is 5.32 Å². The smallest absolute Gasteiger partial charge is 0.170 e. The Labute approximate surface area is 106 Å². The van der Waals surface area contributed by atoms with Gasteiger partial charge in [-0.3, -0.25) is 4.79 Å². The Morgan fingerprint density at radius 1 is 1.53 bits per heavy atom. The fraction of sp³-hybridized carbons (Fsp3) is 0.462. The molecule has 4 heteroatoms. The van der Waals surface area contributed by atoms with Crippen molar-refractivity contribution in [3.8, 4) is 5.75 Å². The van der Waals surface area contributed by atoms with E-state index in [4.69, 9.17) is 16.3 Å². The summed E-state index contributed by atoms with van der Waals surface area (Å²) in [5.74, 6) is 0.776. The van der Waals surface area contributed by atoms with Crippen molar-refractivity contribution in [1.29, 1.82) is 0 Å². The molecule has 1 aliphatic rings. The first-order valence-corrected chi connectivity index (χ1v) is 6.04. The van der Waals surface area contributed by atoms with Gasteiger partial charge in [-0.15, -0.1) is 0 Å². The Morgan fingerprint density at radius 3 is 2.71 bits per heavy atom. The Morgan fingerprint density at radius 2 is 2.24 bits per heavy atom. The van der Waals surface area contributed by atoms with E-state index in [-0.39, 0.29) is 11.2 Å². The highest BCUT2D eigenvalue weighted by atomic mass is 35.5. The number of nitrogens with one attached hydrogen (secondary N) is 1. The number of carbonyl (C=O) groups is 1. The highest BCUT2D eigenvalue weighted by Crippen LogP contribution is 2.48. The second-order valence-corrected chi connectivity index (χ2v) is 4.90. The zero-order valence-corrected chi connectivity index (χ0v) is 10.8. The SMILES string of the molecule is CNCC1(C(=O)c2ccc(OC)c(Cl)c2)CC1. The van der Waals surface area contributed by atoms with Crippen molar-refractivity contribution in [2.45, 2.75) is 12.8 Å². The summed E-state index contributed by atoms with van der Waals surface area (Å²) in [6, 6.07) is 5.21. The highest BCUT2D eigenvalue weighted by Gasteiger charge is 2.49. The molecule has 0 atom stereocenters. The molecule has 0 aliphatic heterocycles. The molecular weight excluding hydrogens is 238 g/mol. The molecule has 0 amide bonds. The molecule has 2 rings (SSSR count). The number of hydrogen-bond acceptors (Lipinski definition) is 3. The van der Waals surface area contributed by atoms with Gasteiger partial charge in [0.05, 0.1) is 12.1 Å². The van der Waals surface area contributed by atoms with Crippen molar-refractivity contribution in [3.63, 3.8) is 0 Å². The Bertz CT molecular complexity index is 441. The summed E-state index contributed by atoms with van der Waals surface area (Å²) in [7, 11) is 3.43. The topological polar surface area (TPSA) is 38.3 Å². The molecule has 0 aromatic heterocycles. The third-order valence-electron chi connectivity index (χ3n) is 3.26. The minimum atomic E-state index is -0.202. The normalized spacial score (nSPS) is 16.6. The first kappa shape index (κ1) is 12.4. The van der Waals surface area contributed by atoms with E-state index >= 15 is 0 Å². The monoisotopic (exact) mass is 253 g/mol. The third kappa shape index (κ3) is 2.31. The lowest BCUT2D eigenvalue weighted by atomic mass is 9.94. The lowest BCUT2D eigenvalue weighted by molar-refractivity contribution is 0.0900. The van der Waals surface area contributed by atoms with Crippen LogP contribution in [0.5, 0.6) is 5.75 Å². The maximum atomic E-state index is 12.3. The molecule has 0 unspecified atom stereocenters. The van der Waals surface area contributed by atoms with Crippen LogP contribution in [0.25, 0.3) is 0 Å². The van der Waals surface area contributed by atoms with Crippen molar-refractivity contribution >= 4 is 17.4 Å². The predicted octanol–water partition coefficient (Wildman–Crippen LogP) is 2.53. The lowest BCUT2D eigenvalue weighted by Gasteiger charge is -2.14. The summed E-state index contributed by atoms with van der Waals surface area (Å²) < 4.78 is 5.07. The van der Waals surface area contributed by atoms with E-state index in [2.05, 4.69) is 5.32 Å². The second-order valence-electron chi connectivity index (χ2n) is 4.49. The fourth-order valence-electron chi connectivity index (χ4n) is 2.09. The predicted molar refractivity (Wildman–Crippen MR) is 67.9 cm³/mol. The standard InChI is InChI=1S/C13H16ClNO2/c1-15-8-13(5-6-13)12(16)9-3-4-11(17-2)10(14)7-9/h3-4,7,15H,5-6,8H2,1-2H3.